The summed E-state index contributed by atoms with van der Waals surface area (Å²) in [7, 11) is 1.41. The second kappa shape index (κ2) is 7.99. The SMILES string of the molecule is COC(=O)c1cccc(N2CCOCC2)c1/C=C/c1cccc(C)c1. The van der Waals surface area contributed by atoms with Gasteiger partial charge in [0.1, 0.15) is 0 Å². The summed E-state index contributed by atoms with van der Waals surface area (Å²) < 4.78 is 10.4. The van der Waals surface area contributed by atoms with Crippen molar-refractivity contribution >= 4 is 23.8 Å². The third-order valence-electron chi connectivity index (χ3n) is 4.32. The molecule has 0 spiro atoms. The van der Waals surface area contributed by atoms with Crippen molar-refractivity contribution in [3.8, 4) is 0 Å². The van der Waals surface area contributed by atoms with Crippen molar-refractivity contribution in [2.75, 3.05) is 38.3 Å². The number of esters is 1. The fourth-order valence-corrected chi connectivity index (χ4v) is 3.05. The van der Waals surface area contributed by atoms with E-state index in [0.717, 1.165) is 29.9 Å². The second-order valence-electron chi connectivity index (χ2n) is 6.08. The third kappa shape index (κ3) is 4.09. The predicted octanol–water partition coefficient (Wildman–Crippen LogP) is 3.79. The van der Waals surface area contributed by atoms with Gasteiger partial charge in [0.05, 0.1) is 25.9 Å². The highest BCUT2D eigenvalue weighted by Crippen LogP contribution is 2.28. The number of carbonyl (C=O) groups is 1. The second-order valence-corrected chi connectivity index (χ2v) is 6.08. The highest BCUT2D eigenvalue weighted by Gasteiger charge is 2.19. The summed E-state index contributed by atoms with van der Waals surface area (Å²) in [6.45, 7) is 5.09. The van der Waals surface area contributed by atoms with Gasteiger partial charge in [-0.2, -0.15) is 0 Å². The van der Waals surface area contributed by atoms with Gasteiger partial charge in [-0.1, -0.05) is 48.0 Å². The molecule has 0 aromatic heterocycles. The summed E-state index contributed by atoms with van der Waals surface area (Å²) in [6.07, 6.45) is 4.05. The van der Waals surface area contributed by atoms with Crippen molar-refractivity contribution < 1.29 is 14.3 Å². The molecule has 0 aliphatic carbocycles. The topological polar surface area (TPSA) is 38.8 Å². The molecule has 0 amide bonds. The van der Waals surface area contributed by atoms with Crippen LogP contribution in [0, 0.1) is 6.92 Å². The Hall–Kier alpha value is -2.59. The predicted molar refractivity (Wildman–Crippen MR) is 101 cm³/mol. The largest absolute Gasteiger partial charge is 0.465 e. The van der Waals surface area contributed by atoms with Gasteiger partial charge in [-0.25, -0.2) is 4.79 Å². The fraction of sp³-hybridized carbons (Fsp3) is 0.286. The van der Waals surface area contributed by atoms with Gasteiger partial charge < -0.3 is 14.4 Å². The fourth-order valence-electron chi connectivity index (χ4n) is 3.05. The summed E-state index contributed by atoms with van der Waals surface area (Å²) in [6, 6.07) is 14.0. The van der Waals surface area contributed by atoms with E-state index >= 15 is 0 Å². The molecule has 0 unspecified atom stereocenters. The Morgan fingerprint density at radius 1 is 1.12 bits per heavy atom. The molecule has 1 fully saturated rings. The van der Waals surface area contributed by atoms with Gasteiger partial charge in [0, 0.05) is 24.3 Å². The Balaban J connectivity index is 2.02. The third-order valence-corrected chi connectivity index (χ3v) is 4.32. The minimum absolute atomic E-state index is 0.320. The van der Waals surface area contributed by atoms with Crippen LogP contribution in [0.1, 0.15) is 27.0 Å². The molecule has 1 aliphatic heterocycles. The van der Waals surface area contributed by atoms with Crippen molar-refractivity contribution in [3.63, 3.8) is 0 Å². The monoisotopic (exact) mass is 337 g/mol. The van der Waals surface area contributed by atoms with Crippen molar-refractivity contribution in [2.24, 2.45) is 0 Å². The molecule has 4 nitrogen and oxygen atoms in total. The lowest BCUT2D eigenvalue weighted by molar-refractivity contribution is 0.0600. The molecule has 1 heterocycles. The van der Waals surface area contributed by atoms with Crippen LogP contribution in [0.3, 0.4) is 0 Å². The first-order valence-electron chi connectivity index (χ1n) is 8.48. The van der Waals surface area contributed by atoms with Crippen molar-refractivity contribution in [3.05, 3.63) is 64.7 Å². The van der Waals surface area contributed by atoms with Crippen LogP contribution in [0.25, 0.3) is 12.2 Å². The molecule has 3 rings (SSSR count). The zero-order chi connectivity index (χ0) is 17.6. The van der Waals surface area contributed by atoms with Crippen LogP contribution in [-0.4, -0.2) is 39.4 Å². The van der Waals surface area contributed by atoms with E-state index in [0.29, 0.717) is 18.8 Å². The quantitative estimate of drug-likeness (QED) is 0.628. The van der Waals surface area contributed by atoms with Crippen LogP contribution in [0.5, 0.6) is 0 Å². The first-order valence-corrected chi connectivity index (χ1v) is 8.48. The van der Waals surface area contributed by atoms with Crippen LogP contribution in [0.2, 0.25) is 0 Å². The van der Waals surface area contributed by atoms with Crippen LogP contribution in [-0.2, 0) is 9.47 Å². The van der Waals surface area contributed by atoms with Crippen molar-refractivity contribution in [1.82, 2.24) is 0 Å². The lowest BCUT2D eigenvalue weighted by Crippen LogP contribution is -2.36. The van der Waals surface area contributed by atoms with E-state index in [4.69, 9.17) is 9.47 Å². The molecule has 0 saturated carbocycles. The Labute approximate surface area is 148 Å². The Morgan fingerprint density at radius 2 is 1.88 bits per heavy atom. The summed E-state index contributed by atoms with van der Waals surface area (Å²) in [5, 5.41) is 0. The number of nitrogens with zero attached hydrogens (tertiary/aromatic N) is 1. The van der Waals surface area contributed by atoms with E-state index in [-0.39, 0.29) is 5.97 Å². The van der Waals surface area contributed by atoms with Gasteiger partial charge in [-0.05, 0) is 24.6 Å². The number of aryl methyl sites for hydroxylation is 1. The molecule has 0 bridgehead atoms. The maximum absolute atomic E-state index is 12.2. The number of methoxy groups -OCH3 is 1. The summed E-state index contributed by atoms with van der Waals surface area (Å²) in [4.78, 5) is 14.5. The summed E-state index contributed by atoms with van der Waals surface area (Å²) in [5.41, 5.74) is 4.81. The van der Waals surface area contributed by atoms with Gasteiger partial charge in [-0.15, -0.1) is 0 Å². The number of hydrogen-bond acceptors (Lipinski definition) is 4. The molecule has 25 heavy (non-hydrogen) atoms. The number of morpholine rings is 1. The molecule has 2 aromatic rings. The maximum atomic E-state index is 12.2. The molecular formula is C21H23NO3. The number of benzene rings is 2. The average Bonchev–Trinajstić information content (AvgIpc) is 2.66. The number of hydrogen-bond donors (Lipinski definition) is 0. The molecule has 1 aliphatic rings. The molecule has 130 valence electrons. The van der Waals surface area contributed by atoms with Gasteiger partial charge in [0.2, 0.25) is 0 Å². The lowest BCUT2D eigenvalue weighted by atomic mass is 10.0. The highest BCUT2D eigenvalue weighted by molar-refractivity contribution is 5.97. The van der Waals surface area contributed by atoms with Crippen LogP contribution in [0.4, 0.5) is 5.69 Å². The van der Waals surface area contributed by atoms with Crippen LogP contribution < -0.4 is 4.90 Å². The van der Waals surface area contributed by atoms with E-state index < -0.39 is 0 Å². The van der Waals surface area contributed by atoms with Crippen molar-refractivity contribution in [2.45, 2.75) is 6.92 Å². The summed E-state index contributed by atoms with van der Waals surface area (Å²) >= 11 is 0. The highest BCUT2D eigenvalue weighted by atomic mass is 16.5. The molecule has 4 heteroatoms. The standard InChI is InChI=1S/C21H23NO3/c1-16-5-3-6-17(15-16)9-10-18-19(21(23)24-2)7-4-8-20(18)22-11-13-25-14-12-22/h3-10,15H,11-14H2,1-2H3/b10-9+. The van der Waals surface area contributed by atoms with E-state index in [1.807, 2.05) is 36.4 Å². The van der Waals surface area contributed by atoms with Gasteiger partial charge in [0.15, 0.2) is 0 Å². The zero-order valence-corrected chi connectivity index (χ0v) is 14.7. The number of carbonyl (C=O) groups excluding carboxylic acids is 1. The molecule has 0 atom stereocenters. The van der Waals surface area contributed by atoms with Gasteiger partial charge in [0.25, 0.3) is 0 Å². The Kier molecular flexibility index (Phi) is 5.51. The first kappa shape index (κ1) is 17.2. The van der Waals surface area contributed by atoms with E-state index in [1.54, 1.807) is 0 Å². The first-order chi connectivity index (χ1) is 12.2. The maximum Gasteiger partial charge on any atom is 0.338 e. The smallest absolute Gasteiger partial charge is 0.338 e. The molecule has 2 aromatic carbocycles. The molecule has 1 saturated heterocycles. The Morgan fingerprint density at radius 3 is 2.60 bits per heavy atom. The average molecular weight is 337 g/mol. The van der Waals surface area contributed by atoms with Crippen LogP contribution in [0.15, 0.2) is 42.5 Å². The number of anilines is 1. The molecule has 0 radical (unpaired) electrons. The zero-order valence-electron chi connectivity index (χ0n) is 14.7. The van der Waals surface area contributed by atoms with E-state index in [2.05, 4.69) is 30.0 Å². The van der Waals surface area contributed by atoms with Crippen LogP contribution >= 0.6 is 0 Å². The number of ether oxygens (including phenoxy) is 2. The minimum Gasteiger partial charge on any atom is -0.465 e. The van der Waals surface area contributed by atoms with Gasteiger partial charge >= 0.3 is 5.97 Å². The van der Waals surface area contributed by atoms with E-state index in [1.165, 1.54) is 12.7 Å². The van der Waals surface area contributed by atoms with Crippen molar-refractivity contribution in [1.29, 1.82) is 0 Å². The Bertz CT molecular complexity index is 776. The molecule has 0 N–H and O–H groups in total. The minimum atomic E-state index is -0.320. The van der Waals surface area contributed by atoms with Gasteiger partial charge in [-0.3, -0.25) is 0 Å². The lowest BCUT2D eigenvalue weighted by Gasteiger charge is -2.30. The number of rotatable bonds is 4. The normalized spacial score (nSPS) is 14.7. The van der Waals surface area contributed by atoms with E-state index in [9.17, 15) is 4.79 Å². The summed E-state index contributed by atoms with van der Waals surface area (Å²) in [5.74, 6) is -0.320. The molecular weight excluding hydrogens is 314 g/mol.